The second-order valence-corrected chi connectivity index (χ2v) is 15.6. The standard InChI is InChI=1S/C31H52O7/c1-18(2)30(38,17-32)14-12-27(5,37)19-9-10-25(3)20-7-8-21-28(6,24(35)36)22(33)15-23(34)31(21)16-29(20,31)13-11-26(19,25)4/h18-23,32-34,37-38H,7-17H2,1-6H3,(H,35,36)/t19-,20-,21?,22-,23-,25-,26+,27-,28-,29-,30+,31+/m0/s1. The summed E-state index contributed by atoms with van der Waals surface area (Å²) in [4.78, 5) is 12.5. The molecule has 218 valence electrons. The van der Waals surface area contributed by atoms with Gasteiger partial charge in [0, 0.05) is 11.8 Å². The molecule has 5 aliphatic rings. The molecule has 1 unspecified atom stereocenters. The third kappa shape index (κ3) is 3.23. The zero-order valence-corrected chi connectivity index (χ0v) is 24.3. The fraction of sp³-hybridized carbons (Fsp3) is 0.968. The van der Waals surface area contributed by atoms with Crippen LogP contribution in [0.2, 0.25) is 0 Å². The van der Waals surface area contributed by atoms with Crippen molar-refractivity contribution in [1.82, 2.24) is 0 Å². The number of aliphatic hydroxyl groups excluding tert-OH is 3. The fourth-order valence-electron chi connectivity index (χ4n) is 11.5. The summed E-state index contributed by atoms with van der Waals surface area (Å²) in [6, 6.07) is 0. The number of fused-ring (bicyclic) bond motifs is 2. The Morgan fingerprint density at radius 3 is 2.13 bits per heavy atom. The Morgan fingerprint density at radius 2 is 1.55 bits per heavy atom. The number of aliphatic carboxylic acids is 1. The third-order valence-corrected chi connectivity index (χ3v) is 14.4. The van der Waals surface area contributed by atoms with Crippen molar-refractivity contribution in [2.75, 3.05) is 6.61 Å². The van der Waals surface area contributed by atoms with Gasteiger partial charge in [0.05, 0.1) is 35.4 Å². The first-order valence-corrected chi connectivity index (χ1v) is 15.1. The van der Waals surface area contributed by atoms with Gasteiger partial charge in [0.25, 0.3) is 0 Å². The first-order valence-electron chi connectivity index (χ1n) is 15.1. The minimum atomic E-state index is -1.24. The fourth-order valence-corrected chi connectivity index (χ4v) is 11.5. The lowest BCUT2D eigenvalue weighted by Gasteiger charge is -2.64. The zero-order valence-electron chi connectivity index (χ0n) is 24.3. The highest BCUT2D eigenvalue weighted by atomic mass is 16.4. The van der Waals surface area contributed by atoms with Crippen molar-refractivity contribution in [3.8, 4) is 0 Å². The lowest BCUT2D eigenvalue weighted by molar-refractivity contribution is -0.214. The smallest absolute Gasteiger partial charge is 0.312 e. The van der Waals surface area contributed by atoms with Gasteiger partial charge in [-0.1, -0.05) is 27.7 Å². The number of carbonyl (C=O) groups is 1. The number of hydrogen-bond donors (Lipinski definition) is 6. The van der Waals surface area contributed by atoms with Crippen molar-refractivity contribution >= 4 is 5.97 Å². The van der Waals surface area contributed by atoms with Crippen molar-refractivity contribution in [2.24, 2.45) is 50.7 Å². The Balaban J connectivity index is 1.44. The number of carboxylic acids is 1. The van der Waals surface area contributed by atoms with E-state index in [1.165, 1.54) is 0 Å². The largest absolute Gasteiger partial charge is 0.481 e. The summed E-state index contributed by atoms with van der Waals surface area (Å²) in [5, 5.41) is 65.3. The van der Waals surface area contributed by atoms with Crippen LogP contribution in [-0.2, 0) is 4.79 Å². The minimum Gasteiger partial charge on any atom is -0.481 e. The molecule has 5 fully saturated rings. The molecule has 7 nitrogen and oxygen atoms in total. The molecule has 0 aromatic heterocycles. The Labute approximate surface area is 228 Å². The van der Waals surface area contributed by atoms with E-state index in [4.69, 9.17) is 0 Å². The average molecular weight is 537 g/mol. The number of hydrogen-bond acceptors (Lipinski definition) is 6. The molecule has 5 aliphatic carbocycles. The summed E-state index contributed by atoms with van der Waals surface area (Å²) in [5.74, 6) is -0.890. The van der Waals surface area contributed by atoms with Gasteiger partial charge < -0.3 is 30.6 Å². The van der Waals surface area contributed by atoms with Crippen LogP contribution in [-0.4, -0.2) is 66.6 Å². The number of aliphatic hydroxyl groups is 5. The monoisotopic (exact) mass is 536 g/mol. The summed E-state index contributed by atoms with van der Waals surface area (Å²) in [6.45, 7) is 11.8. The molecule has 0 aromatic carbocycles. The van der Waals surface area contributed by atoms with Crippen LogP contribution >= 0.6 is 0 Å². The van der Waals surface area contributed by atoms with E-state index in [0.717, 1.165) is 38.5 Å². The van der Waals surface area contributed by atoms with Crippen LogP contribution in [0.1, 0.15) is 106 Å². The van der Waals surface area contributed by atoms with Gasteiger partial charge in [0.2, 0.25) is 0 Å². The normalized spacial score (nSPS) is 52.7. The maximum Gasteiger partial charge on any atom is 0.312 e. The van der Waals surface area contributed by atoms with Crippen LogP contribution in [0.15, 0.2) is 0 Å². The molecule has 6 N–H and O–H groups in total. The maximum atomic E-state index is 12.5. The van der Waals surface area contributed by atoms with Crippen LogP contribution in [0.4, 0.5) is 0 Å². The maximum absolute atomic E-state index is 12.5. The Bertz CT molecular complexity index is 981. The number of carboxylic acid groups (broad SMARTS) is 1. The highest BCUT2D eigenvalue weighted by molar-refractivity contribution is 5.76. The Hall–Kier alpha value is -0.730. The van der Waals surface area contributed by atoms with Crippen LogP contribution in [0.5, 0.6) is 0 Å². The van der Waals surface area contributed by atoms with Crippen molar-refractivity contribution in [1.29, 1.82) is 0 Å². The first kappa shape index (κ1) is 28.8. The second kappa shape index (κ2) is 8.40. The molecule has 38 heavy (non-hydrogen) atoms. The molecule has 0 aliphatic heterocycles. The van der Waals surface area contributed by atoms with E-state index in [-0.39, 0.29) is 47.0 Å². The highest BCUT2D eigenvalue weighted by Crippen LogP contribution is 2.89. The summed E-state index contributed by atoms with van der Waals surface area (Å²) >= 11 is 0. The molecule has 12 atom stereocenters. The first-order chi connectivity index (χ1) is 17.4. The molecule has 7 heteroatoms. The zero-order chi connectivity index (χ0) is 28.3. The van der Waals surface area contributed by atoms with Gasteiger partial charge in [-0.05, 0) is 112 Å². The third-order valence-electron chi connectivity index (χ3n) is 14.4. The molecule has 2 spiro atoms. The number of rotatable bonds is 7. The van der Waals surface area contributed by atoms with Crippen LogP contribution in [0.3, 0.4) is 0 Å². The van der Waals surface area contributed by atoms with E-state index >= 15 is 0 Å². The molecule has 0 radical (unpaired) electrons. The van der Waals surface area contributed by atoms with Crippen molar-refractivity contribution in [3.63, 3.8) is 0 Å². The van der Waals surface area contributed by atoms with Crippen LogP contribution < -0.4 is 0 Å². The van der Waals surface area contributed by atoms with Gasteiger partial charge in [0.1, 0.15) is 0 Å². The Kier molecular flexibility index (Phi) is 6.37. The van der Waals surface area contributed by atoms with Crippen molar-refractivity contribution < 1.29 is 35.4 Å². The van der Waals surface area contributed by atoms with E-state index in [9.17, 15) is 35.4 Å². The Morgan fingerprint density at radius 1 is 0.921 bits per heavy atom. The van der Waals surface area contributed by atoms with Gasteiger partial charge >= 0.3 is 5.97 Å². The second-order valence-electron chi connectivity index (χ2n) is 15.6. The molecule has 5 rings (SSSR count). The predicted octanol–water partition coefficient (Wildman–Crippen LogP) is 3.73. The predicted molar refractivity (Wildman–Crippen MR) is 143 cm³/mol. The van der Waals surface area contributed by atoms with E-state index < -0.39 is 40.2 Å². The molecule has 0 heterocycles. The van der Waals surface area contributed by atoms with Crippen molar-refractivity contribution in [3.05, 3.63) is 0 Å². The van der Waals surface area contributed by atoms with E-state index in [1.54, 1.807) is 6.92 Å². The molecule has 0 aromatic rings. The lowest BCUT2D eigenvalue weighted by Crippen LogP contribution is -2.63. The molecule has 0 saturated heterocycles. The molecule has 0 bridgehead atoms. The van der Waals surface area contributed by atoms with Gasteiger partial charge in [-0.15, -0.1) is 0 Å². The van der Waals surface area contributed by atoms with Gasteiger partial charge in [-0.25, -0.2) is 0 Å². The molecule has 0 amide bonds. The van der Waals surface area contributed by atoms with Crippen LogP contribution in [0, 0.1) is 50.7 Å². The van der Waals surface area contributed by atoms with E-state index in [2.05, 4.69) is 13.8 Å². The van der Waals surface area contributed by atoms with Crippen LogP contribution in [0.25, 0.3) is 0 Å². The molecular weight excluding hydrogens is 484 g/mol. The van der Waals surface area contributed by atoms with Crippen molar-refractivity contribution in [2.45, 2.75) is 129 Å². The minimum absolute atomic E-state index is 0.0465. The quantitative estimate of drug-likeness (QED) is 0.291. The molecular formula is C31H52O7. The summed E-state index contributed by atoms with van der Waals surface area (Å²) < 4.78 is 0. The van der Waals surface area contributed by atoms with E-state index in [1.807, 2.05) is 20.8 Å². The summed E-state index contributed by atoms with van der Waals surface area (Å²) in [5.41, 5.74) is -4.14. The topological polar surface area (TPSA) is 138 Å². The van der Waals surface area contributed by atoms with Gasteiger partial charge in [0.15, 0.2) is 0 Å². The SMILES string of the molecule is CC(C)[C@](O)(CO)CC[C@](C)(O)[C@H]1CC[C@@]2(C)[C@@H]3CCC4[C@](C)(C(=O)O)[C@@H](O)C[C@H](O)[C@@]45C[C@@]35CC[C@]12C. The molecule has 5 saturated carbocycles. The average Bonchev–Trinajstić information content (AvgIpc) is 3.45. The van der Waals surface area contributed by atoms with Gasteiger partial charge in [-0.3, -0.25) is 4.79 Å². The highest BCUT2D eigenvalue weighted by Gasteiger charge is 2.86. The summed E-state index contributed by atoms with van der Waals surface area (Å²) in [7, 11) is 0. The summed E-state index contributed by atoms with van der Waals surface area (Å²) in [6.07, 6.45) is 5.34. The lowest BCUT2D eigenvalue weighted by atomic mass is 9.41. The van der Waals surface area contributed by atoms with E-state index in [0.29, 0.717) is 25.2 Å². The van der Waals surface area contributed by atoms with Gasteiger partial charge in [-0.2, -0.15) is 0 Å².